The molecule has 3 aromatic rings. The van der Waals surface area contributed by atoms with Gasteiger partial charge in [0.05, 0.1) is 11.1 Å². The van der Waals surface area contributed by atoms with Crippen molar-refractivity contribution in [1.82, 2.24) is 20.1 Å². The molecule has 4 rings (SSSR count). The number of nitrogens with zero attached hydrogens (tertiary/aromatic N) is 3. The maximum absolute atomic E-state index is 14.0. The van der Waals surface area contributed by atoms with Crippen LogP contribution in [0.4, 0.5) is 0 Å². The maximum atomic E-state index is 14.0. The molecule has 0 bridgehead atoms. The molecule has 1 N–H and O–H groups in total. The molecule has 4 amide bonds. The SMILES string of the molecule is C=C[C@@H](CC)CC(=O)N(CCCN1C(=O)c2ccccc2C1=O)[C@H](C[C@@H](OC(C)=O)c1nc(C(=O)NC[C@@H](C)c2ccccc2)cs1)C(C)C. The second-order valence-corrected chi connectivity index (χ2v) is 14.0. The second kappa shape index (κ2) is 17.8. The van der Waals surface area contributed by atoms with Crippen LogP contribution in [-0.2, 0) is 14.3 Å². The Labute approximate surface area is 298 Å². The van der Waals surface area contributed by atoms with E-state index in [4.69, 9.17) is 4.74 Å². The number of nitrogens with one attached hydrogen (secondary N) is 1. The van der Waals surface area contributed by atoms with Crippen LogP contribution in [0.3, 0.4) is 0 Å². The van der Waals surface area contributed by atoms with Crippen LogP contribution in [0.25, 0.3) is 0 Å². The smallest absolute Gasteiger partial charge is 0.303 e. The first-order valence-electron chi connectivity index (χ1n) is 17.3. The quantitative estimate of drug-likeness (QED) is 0.0878. The van der Waals surface area contributed by atoms with Crippen LogP contribution in [0.15, 0.2) is 72.6 Å². The molecule has 0 spiro atoms. The van der Waals surface area contributed by atoms with Crippen molar-refractivity contribution in [3.05, 3.63) is 100 Å². The molecule has 0 radical (unpaired) electrons. The van der Waals surface area contributed by atoms with Crippen molar-refractivity contribution in [2.75, 3.05) is 19.6 Å². The molecular weight excluding hydrogens is 653 g/mol. The van der Waals surface area contributed by atoms with Crippen LogP contribution in [0.1, 0.15) is 114 Å². The van der Waals surface area contributed by atoms with E-state index in [1.807, 2.05) is 58.0 Å². The molecule has 10 nitrogen and oxygen atoms in total. The topological polar surface area (TPSA) is 126 Å². The van der Waals surface area contributed by atoms with Crippen LogP contribution in [0.2, 0.25) is 0 Å². The summed E-state index contributed by atoms with van der Waals surface area (Å²) in [5.41, 5.74) is 2.11. The van der Waals surface area contributed by atoms with E-state index in [1.54, 1.807) is 40.6 Å². The third-order valence-electron chi connectivity index (χ3n) is 9.17. The molecule has 0 saturated heterocycles. The van der Waals surface area contributed by atoms with Crippen LogP contribution >= 0.6 is 11.3 Å². The van der Waals surface area contributed by atoms with Gasteiger partial charge in [-0.25, -0.2) is 4.98 Å². The number of amides is 4. The number of imide groups is 1. The van der Waals surface area contributed by atoms with E-state index in [0.717, 1.165) is 12.0 Å². The van der Waals surface area contributed by atoms with Crippen molar-refractivity contribution in [3.63, 3.8) is 0 Å². The average Bonchev–Trinajstić information content (AvgIpc) is 3.70. The van der Waals surface area contributed by atoms with Crippen molar-refractivity contribution in [2.24, 2.45) is 11.8 Å². The van der Waals surface area contributed by atoms with E-state index < -0.39 is 12.1 Å². The summed E-state index contributed by atoms with van der Waals surface area (Å²) in [4.78, 5) is 73.0. The molecule has 2 aromatic carbocycles. The van der Waals surface area contributed by atoms with Crippen LogP contribution in [-0.4, -0.2) is 70.1 Å². The lowest BCUT2D eigenvalue weighted by Crippen LogP contribution is -2.46. The number of esters is 1. The van der Waals surface area contributed by atoms with E-state index in [2.05, 4.69) is 16.9 Å². The molecule has 0 aliphatic carbocycles. The lowest BCUT2D eigenvalue weighted by atomic mass is 9.94. The first-order chi connectivity index (χ1) is 23.9. The lowest BCUT2D eigenvalue weighted by molar-refractivity contribution is -0.148. The predicted octanol–water partition coefficient (Wildman–Crippen LogP) is 6.81. The van der Waals surface area contributed by atoms with Gasteiger partial charge in [-0.05, 0) is 48.3 Å². The number of ether oxygens (including phenoxy) is 1. The third kappa shape index (κ3) is 9.53. The van der Waals surface area contributed by atoms with E-state index in [1.165, 1.54) is 23.2 Å². The van der Waals surface area contributed by atoms with Crippen molar-refractivity contribution >= 4 is 40.9 Å². The molecule has 1 aliphatic rings. The first kappa shape index (κ1) is 38.2. The van der Waals surface area contributed by atoms with Gasteiger partial charge in [0, 0.05) is 50.8 Å². The number of benzene rings is 2. The first-order valence-corrected chi connectivity index (χ1v) is 18.2. The fraction of sp³-hybridized carbons (Fsp3) is 0.436. The van der Waals surface area contributed by atoms with Gasteiger partial charge in [0.1, 0.15) is 10.7 Å². The van der Waals surface area contributed by atoms with E-state index in [9.17, 15) is 24.0 Å². The molecule has 2 heterocycles. The van der Waals surface area contributed by atoms with Crippen molar-refractivity contribution < 1.29 is 28.7 Å². The Bertz CT molecular complexity index is 1640. The van der Waals surface area contributed by atoms with E-state index in [0.29, 0.717) is 29.1 Å². The maximum Gasteiger partial charge on any atom is 0.303 e. The minimum Gasteiger partial charge on any atom is -0.455 e. The Hall–Kier alpha value is -4.64. The van der Waals surface area contributed by atoms with Crippen molar-refractivity contribution in [1.29, 1.82) is 0 Å². The molecular formula is C39H48N4O6S. The number of carbonyl (C=O) groups is 5. The molecule has 1 aromatic heterocycles. The summed E-state index contributed by atoms with van der Waals surface area (Å²) >= 11 is 1.23. The number of carbonyl (C=O) groups excluding carboxylic acids is 5. The van der Waals surface area contributed by atoms with Gasteiger partial charge in [0.15, 0.2) is 6.10 Å². The summed E-state index contributed by atoms with van der Waals surface area (Å²) in [6.45, 7) is 14.1. The van der Waals surface area contributed by atoms with Gasteiger partial charge in [-0.15, -0.1) is 17.9 Å². The zero-order chi connectivity index (χ0) is 36.4. The molecule has 50 heavy (non-hydrogen) atoms. The van der Waals surface area contributed by atoms with Gasteiger partial charge in [0.25, 0.3) is 17.7 Å². The van der Waals surface area contributed by atoms with Crippen LogP contribution in [0.5, 0.6) is 0 Å². The summed E-state index contributed by atoms with van der Waals surface area (Å²) in [5.74, 6) is -1.57. The fourth-order valence-electron chi connectivity index (χ4n) is 6.21. The Kier molecular flexibility index (Phi) is 13.6. The Morgan fingerprint density at radius 1 is 1.02 bits per heavy atom. The summed E-state index contributed by atoms with van der Waals surface area (Å²) in [6.07, 6.45) is 2.59. The molecule has 0 fully saturated rings. The highest BCUT2D eigenvalue weighted by Crippen LogP contribution is 2.32. The van der Waals surface area contributed by atoms with Crippen molar-refractivity contribution in [2.45, 2.75) is 78.4 Å². The number of hydrogen-bond acceptors (Lipinski definition) is 8. The summed E-state index contributed by atoms with van der Waals surface area (Å²) in [5, 5.41) is 5.07. The highest BCUT2D eigenvalue weighted by Gasteiger charge is 2.36. The molecule has 1 aliphatic heterocycles. The highest BCUT2D eigenvalue weighted by molar-refractivity contribution is 7.09. The van der Waals surface area contributed by atoms with Crippen LogP contribution < -0.4 is 5.32 Å². The summed E-state index contributed by atoms with van der Waals surface area (Å²) in [7, 11) is 0. The zero-order valence-corrected chi connectivity index (χ0v) is 30.4. The van der Waals surface area contributed by atoms with E-state index in [-0.39, 0.29) is 79.0 Å². The molecule has 0 unspecified atom stereocenters. The molecule has 4 atom stereocenters. The molecule has 0 saturated carbocycles. The minimum atomic E-state index is -0.803. The Balaban J connectivity index is 1.51. The van der Waals surface area contributed by atoms with Crippen molar-refractivity contribution in [3.8, 4) is 0 Å². The Morgan fingerprint density at radius 2 is 1.66 bits per heavy atom. The van der Waals surface area contributed by atoms with Gasteiger partial charge < -0.3 is 15.0 Å². The third-order valence-corrected chi connectivity index (χ3v) is 10.1. The normalized spacial score (nSPS) is 14.9. The van der Waals surface area contributed by atoms with Gasteiger partial charge in [-0.3, -0.25) is 28.9 Å². The molecule has 11 heteroatoms. The zero-order valence-electron chi connectivity index (χ0n) is 29.6. The van der Waals surface area contributed by atoms with Gasteiger partial charge >= 0.3 is 5.97 Å². The highest BCUT2D eigenvalue weighted by atomic mass is 32.1. The average molecular weight is 701 g/mol. The van der Waals surface area contributed by atoms with Gasteiger partial charge in [-0.1, -0.05) is 76.2 Å². The fourth-order valence-corrected chi connectivity index (χ4v) is 7.05. The van der Waals surface area contributed by atoms with Gasteiger partial charge in [0.2, 0.25) is 5.91 Å². The predicted molar refractivity (Wildman–Crippen MR) is 194 cm³/mol. The Morgan fingerprint density at radius 3 is 2.24 bits per heavy atom. The largest absolute Gasteiger partial charge is 0.455 e. The number of fused-ring (bicyclic) bond motifs is 1. The van der Waals surface area contributed by atoms with Gasteiger partial charge in [-0.2, -0.15) is 0 Å². The standard InChI is InChI=1S/C39H48N4O6S/c1-7-28(8-2)21-35(45)42(19-14-20-43-38(47)30-17-12-13-18-31(30)39(43)48)33(25(3)4)22-34(49-27(6)44)37-41-32(24-50-37)36(46)40-23-26(5)29-15-10-9-11-16-29/h7,9-13,15-18,24-26,28,33-34H,1,8,14,19-23H2,2-6H3,(H,40,46)/t26-,28+,33-,34-/m1/s1. The minimum absolute atomic E-state index is 0.0250. The lowest BCUT2D eigenvalue weighted by Gasteiger charge is -2.37. The summed E-state index contributed by atoms with van der Waals surface area (Å²) < 4.78 is 5.79. The number of hydrogen-bond donors (Lipinski definition) is 1. The van der Waals surface area contributed by atoms with Crippen LogP contribution in [0, 0.1) is 11.8 Å². The second-order valence-electron chi connectivity index (χ2n) is 13.1. The number of aromatic nitrogens is 1. The molecule has 266 valence electrons. The summed E-state index contributed by atoms with van der Waals surface area (Å²) in [6, 6.07) is 16.3. The number of rotatable bonds is 18. The number of allylic oxidation sites excluding steroid dienone is 1. The van der Waals surface area contributed by atoms with E-state index >= 15 is 0 Å². The monoisotopic (exact) mass is 700 g/mol. The number of thiazole rings is 1.